The smallest absolute Gasteiger partial charge is 0.255 e. The molecule has 2 N–H and O–H groups in total. The molecule has 1 unspecified atom stereocenters. The van der Waals surface area contributed by atoms with Crippen molar-refractivity contribution in [1.82, 2.24) is 20.2 Å². The fourth-order valence-electron chi connectivity index (χ4n) is 3.13. The highest BCUT2D eigenvalue weighted by Gasteiger charge is 2.34. The van der Waals surface area contributed by atoms with Crippen LogP contribution < -0.4 is 10.6 Å². The maximum atomic E-state index is 13.2. The van der Waals surface area contributed by atoms with Crippen molar-refractivity contribution in [3.8, 4) is 0 Å². The van der Waals surface area contributed by atoms with Gasteiger partial charge < -0.3 is 10.6 Å². The number of halogens is 1. The number of benzene rings is 2. The summed E-state index contributed by atoms with van der Waals surface area (Å²) in [7, 11) is 0. The Balaban J connectivity index is 1.73. The van der Waals surface area contributed by atoms with Gasteiger partial charge in [0.1, 0.15) is 6.04 Å². The Hall–Kier alpha value is -2.84. The molecule has 2 heterocycles. The number of rotatable bonds is 4. The second-order valence-electron chi connectivity index (χ2n) is 6.25. The number of carbonyl (C=O) groups excluding carboxylic acids is 1. The molecular weight excluding hydrogens is 396 g/mol. The van der Waals surface area contributed by atoms with Gasteiger partial charge in [0.2, 0.25) is 5.95 Å². The summed E-state index contributed by atoms with van der Waals surface area (Å²) < 4.78 is 1.62. The lowest BCUT2D eigenvalue weighted by atomic mass is 9.95. The number of hydrogen-bond acceptors (Lipinski definition) is 6. The van der Waals surface area contributed by atoms with E-state index in [4.69, 9.17) is 11.6 Å². The maximum absolute atomic E-state index is 13.2. The van der Waals surface area contributed by atoms with Gasteiger partial charge in [-0.25, -0.2) is 0 Å². The molecule has 1 atom stereocenters. The number of hydrogen-bond donors (Lipinski definition) is 2. The lowest BCUT2D eigenvalue weighted by molar-refractivity contribution is -0.113. The number of allylic oxidation sites excluding steroid dienone is 1. The molecule has 0 saturated heterocycles. The van der Waals surface area contributed by atoms with Gasteiger partial charge in [0.05, 0.1) is 5.57 Å². The number of carbonyl (C=O) groups is 1. The van der Waals surface area contributed by atoms with Crippen LogP contribution in [-0.4, -0.2) is 32.4 Å². The third-order valence-corrected chi connectivity index (χ3v) is 5.49. The van der Waals surface area contributed by atoms with E-state index in [9.17, 15) is 4.79 Å². The minimum atomic E-state index is -0.436. The van der Waals surface area contributed by atoms with E-state index < -0.39 is 6.04 Å². The largest absolute Gasteiger partial charge is 0.326 e. The van der Waals surface area contributed by atoms with Crippen molar-refractivity contribution in [3.63, 3.8) is 0 Å². The number of fused-ring (bicyclic) bond motifs is 1. The highest BCUT2D eigenvalue weighted by Crippen LogP contribution is 2.35. The second-order valence-corrected chi connectivity index (χ2v) is 7.56. The molecule has 0 aliphatic carbocycles. The molecule has 4 rings (SSSR count). The minimum Gasteiger partial charge on any atom is -0.326 e. The summed E-state index contributed by atoms with van der Waals surface area (Å²) in [6, 6.07) is 14.6. The van der Waals surface area contributed by atoms with Crippen molar-refractivity contribution in [2.75, 3.05) is 16.9 Å². The summed E-state index contributed by atoms with van der Waals surface area (Å²) in [6.45, 7) is 1.85. The van der Waals surface area contributed by atoms with Crippen LogP contribution in [0.1, 0.15) is 18.5 Å². The number of amides is 1. The molecule has 142 valence electrons. The molecule has 0 fully saturated rings. The molecule has 1 aliphatic heterocycles. The van der Waals surface area contributed by atoms with E-state index in [-0.39, 0.29) is 5.91 Å². The van der Waals surface area contributed by atoms with E-state index in [0.29, 0.717) is 27.9 Å². The molecule has 28 heavy (non-hydrogen) atoms. The maximum Gasteiger partial charge on any atom is 0.255 e. The van der Waals surface area contributed by atoms with Crippen molar-refractivity contribution in [2.24, 2.45) is 0 Å². The molecule has 0 bridgehead atoms. The molecule has 0 spiro atoms. The number of nitrogens with one attached hydrogen (secondary N) is 2. The summed E-state index contributed by atoms with van der Waals surface area (Å²) in [4.78, 5) is 14.3. The monoisotopic (exact) mass is 412 g/mol. The van der Waals surface area contributed by atoms with Crippen LogP contribution in [0.4, 0.5) is 11.6 Å². The topological polar surface area (TPSA) is 84.7 Å². The van der Waals surface area contributed by atoms with Crippen molar-refractivity contribution >= 4 is 40.9 Å². The first-order valence-electron chi connectivity index (χ1n) is 8.53. The van der Waals surface area contributed by atoms with Crippen molar-refractivity contribution in [1.29, 1.82) is 0 Å². The Morgan fingerprint density at radius 3 is 2.57 bits per heavy atom. The van der Waals surface area contributed by atoms with Gasteiger partial charge in [0.25, 0.3) is 5.91 Å². The molecule has 1 aromatic heterocycles. The molecule has 2 aromatic carbocycles. The van der Waals surface area contributed by atoms with E-state index in [2.05, 4.69) is 26.2 Å². The van der Waals surface area contributed by atoms with Crippen LogP contribution in [-0.2, 0) is 4.79 Å². The zero-order valence-corrected chi connectivity index (χ0v) is 16.8. The highest BCUT2D eigenvalue weighted by atomic mass is 35.5. The highest BCUT2D eigenvalue weighted by molar-refractivity contribution is 7.98. The first-order valence-corrected chi connectivity index (χ1v) is 10.1. The Morgan fingerprint density at radius 2 is 1.89 bits per heavy atom. The molecule has 0 saturated carbocycles. The van der Waals surface area contributed by atoms with Crippen LogP contribution in [0.2, 0.25) is 5.02 Å². The standard InChI is InChI=1S/C19H17ClN6OS/c1-11-16(18(27)22-14-7-5-13(20)6-8-14)17(26-19(21-11)23-24-25-26)12-3-9-15(28-2)10-4-12/h3-10,17H,1-2H3,(H,22,27)(H,21,23,25). The number of tetrazole rings is 1. The number of thioether (sulfide) groups is 1. The summed E-state index contributed by atoms with van der Waals surface area (Å²) >= 11 is 7.59. The summed E-state index contributed by atoms with van der Waals surface area (Å²) in [5, 5.41) is 18.5. The van der Waals surface area contributed by atoms with Crippen LogP contribution in [0, 0.1) is 0 Å². The third-order valence-electron chi connectivity index (χ3n) is 4.49. The summed E-state index contributed by atoms with van der Waals surface area (Å²) in [5.74, 6) is 0.270. The first-order chi connectivity index (χ1) is 13.6. The van der Waals surface area contributed by atoms with Gasteiger partial charge in [0, 0.05) is 21.3 Å². The van der Waals surface area contributed by atoms with Gasteiger partial charge in [-0.2, -0.15) is 4.68 Å². The third kappa shape index (κ3) is 3.48. The number of anilines is 2. The molecular formula is C19H17ClN6OS. The Morgan fingerprint density at radius 1 is 1.18 bits per heavy atom. The average molecular weight is 413 g/mol. The molecule has 7 nitrogen and oxygen atoms in total. The predicted octanol–water partition coefficient (Wildman–Crippen LogP) is 3.98. The SMILES string of the molecule is CSc1ccc(C2C(C(=O)Nc3ccc(Cl)cc3)=C(C)Nc3nnnn32)cc1. The van der Waals surface area contributed by atoms with Gasteiger partial charge in [-0.3, -0.25) is 4.79 Å². The van der Waals surface area contributed by atoms with E-state index in [0.717, 1.165) is 10.5 Å². The van der Waals surface area contributed by atoms with Crippen molar-refractivity contribution in [3.05, 3.63) is 70.4 Å². The fraction of sp³-hybridized carbons (Fsp3) is 0.158. The fourth-order valence-corrected chi connectivity index (χ4v) is 3.67. The summed E-state index contributed by atoms with van der Waals surface area (Å²) in [5.41, 5.74) is 2.83. The number of nitrogens with zero attached hydrogens (tertiary/aromatic N) is 4. The Labute approximate surface area is 171 Å². The van der Waals surface area contributed by atoms with Gasteiger partial charge in [-0.15, -0.1) is 11.8 Å². The van der Waals surface area contributed by atoms with Crippen molar-refractivity contribution in [2.45, 2.75) is 17.9 Å². The zero-order chi connectivity index (χ0) is 19.7. The van der Waals surface area contributed by atoms with E-state index in [1.807, 2.05) is 37.4 Å². The van der Waals surface area contributed by atoms with Crippen LogP contribution in [0.15, 0.2) is 64.7 Å². The van der Waals surface area contributed by atoms with Crippen LogP contribution in [0.5, 0.6) is 0 Å². The van der Waals surface area contributed by atoms with E-state index in [1.54, 1.807) is 40.7 Å². The van der Waals surface area contributed by atoms with Crippen molar-refractivity contribution < 1.29 is 4.79 Å². The lowest BCUT2D eigenvalue weighted by Gasteiger charge is -2.28. The Kier molecular flexibility index (Phi) is 5.06. The zero-order valence-electron chi connectivity index (χ0n) is 15.2. The van der Waals surface area contributed by atoms with Crippen LogP contribution in [0.3, 0.4) is 0 Å². The molecule has 9 heteroatoms. The summed E-state index contributed by atoms with van der Waals surface area (Å²) in [6.07, 6.45) is 2.02. The quantitative estimate of drug-likeness (QED) is 0.630. The normalized spacial score (nSPS) is 15.8. The lowest BCUT2D eigenvalue weighted by Crippen LogP contribution is -2.31. The molecule has 1 amide bonds. The van der Waals surface area contributed by atoms with E-state index in [1.165, 1.54) is 0 Å². The van der Waals surface area contributed by atoms with Gasteiger partial charge in [-0.05, 0) is 65.6 Å². The molecule has 1 aliphatic rings. The second kappa shape index (κ2) is 7.65. The van der Waals surface area contributed by atoms with Gasteiger partial charge in [-0.1, -0.05) is 28.8 Å². The minimum absolute atomic E-state index is 0.229. The Bertz CT molecular complexity index is 1050. The molecule has 3 aromatic rings. The number of aromatic nitrogens is 4. The van der Waals surface area contributed by atoms with E-state index >= 15 is 0 Å². The van der Waals surface area contributed by atoms with Crippen LogP contribution in [0.25, 0.3) is 0 Å². The van der Waals surface area contributed by atoms with Gasteiger partial charge >= 0.3 is 0 Å². The van der Waals surface area contributed by atoms with Gasteiger partial charge in [0.15, 0.2) is 0 Å². The average Bonchev–Trinajstić information content (AvgIpc) is 3.16. The predicted molar refractivity (Wildman–Crippen MR) is 111 cm³/mol. The first kappa shape index (κ1) is 18.5. The molecule has 0 radical (unpaired) electrons. The van der Waals surface area contributed by atoms with Crippen LogP contribution >= 0.6 is 23.4 Å².